The average Bonchev–Trinajstić information content (AvgIpc) is 2.44. The molecule has 114 valence electrons. The summed E-state index contributed by atoms with van der Waals surface area (Å²) in [6.45, 7) is 3.21. The number of hydrogen-bond donors (Lipinski definition) is 1. The van der Waals surface area contributed by atoms with Crippen LogP contribution in [0.15, 0.2) is 18.2 Å². The molecular weight excluding hydrogens is 300 g/mol. The summed E-state index contributed by atoms with van der Waals surface area (Å²) in [4.78, 5) is 33.4. The van der Waals surface area contributed by atoms with Crippen molar-refractivity contribution in [3.05, 3.63) is 38.9 Å². The number of nitro benzene ring substituents is 1. The van der Waals surface area contributed by atoms with Crippen LogP contribution in [0.25, 0.3) is 0 Å². The minimum absolute atomic E-state index is 0.0407. The molecule has 8 heteroatoms. The van der Waals surface area contributed by atoms with Crippen molar-refractivity contribution in [2.75, 3.05) is 6.61 Å². The SMILES string of the molecule is CC[C@H](C)NC(=O)COC(=O)c1ccc(Cl)cc1[N+](=O)[O-]. The Hall–Kier alpha value is -2.15. The highest BCUT2D eigenvalue weighted by Crippen LogP contribution is 2.23. The van der Waals surface area contributed by atoms with Crippen LogP contribution < -0.4 is 5.32 Å². The first kappa shape index (κ1) is 16.9. The number of carbonyl (C=O) groups excluding carboxylic acids is 2. The Balaban J connectivity index is 2.72. The summed E-state index contributed by atoms with van der Waals surface area (Å²) in [6, 6.07) is 3.54. The third-order valence-electron chi connectivity index (χ3n) is 2.73. The fourth-order valence-electron chi connectivity index (χ4n) is 1.46. The molecule has 0 bridgehead atoms. The number of nitrogens with one attached hydrogen (secondary N) is 1. The lowest BCUT2D eigenvalue weighted by atomic mass is 10.2. The average molecular weight is 315 g/mol. The lowest BCUT2D eigenvalue weighted by molar-refractivity contribution is -0.385. The molecule has 0 fully saturated rings. The molecule has 1 atom stereocenters. The van der Waals surface area contributed by atoms with Crippen molar-refractivity contribution in [2.24, 2.45) is 0 Å². The van der Waals surface area contributed by atoms with E-state index >= 15 is 0 Å². The monoisotopic (exact) mass is 314 g/mol. The first-order valence-electron chi connectivity index (χ1n) is 6.25. The summed E-state index contributed by atoms with van der Waals surface area (Å²) in [7, 11) is 0. The van der Waals surface area contributed by atoms with Crippen molar-refractivity contribution in [3.63, 3.8) is 0 Å². The number of benzene rings is 1. The molecule has 0 saturated carbocycles. The van der Waals surface area contributed by atoms with Crippen LogP contribution in [0.1, 0.15) is 30.6 Å². The molecule has 0 aromatic heterocycles. The molecule has 0 radical (unpaired) electrons. The van der Waals surface area contributed by atoms with Gasteiger partial charge in [-0.2, -0.15) is 0 Å². The first-order valence-corrected chi connectivity index (χ1v) is 6.63. The molecule has 1 N–H and O–H groups in total. The summed E-state index contributed by atoms with van der Waals surface area (Å²) >= 11 is 5.65. The van der Waals surface area contributed by atoms with Crippen molar-refractivity contribution in [1.82, 2.24) is 5.32 Å². The summed E-state index contributed by atoms with van der Waals surface area (Å²) in [5.41, 5.74) is -0.712. The van der Waals surface area contributed by atoms with Gasteiger partial charge in [0.05, 0.1) is 4.92 Å². The van der Waals surface area contributed by atoms with Gasteiger partial charge in [0, 0.05) is 17.1 Å². The Morgan fingerprint density at radius 2 is 2.14 bits per heavy atom. The molecule has 1 amide bonds. The van der Waals surface area contributed by atoms with E-state index in [1.165, 1.54) is 12.1 Å². The minimum Gasteiger partial charge on any atom is -0.452 e. The molecule has 1 aromatic rings. The fraction of sp³-hybridized carbons (Fsp3) is 0.385. The molecule has 0 aliphatic carbocycles. The van der Waals surface area contributed by atoms with Gasteiger partial charge in [0.25, 0.3) is 11.6 Å². The number of amides is 1. The number of nitrogens with zero attached hydrogens (tertiary/aromatic N) is 1. The van der Waals surface area contributed by atoms with Gasteiger partial charge in [-0.3, -0.25) is 14.9 Å². The van der Waals surface area contributed by atoms with Gasteiger partial charge in [-0.1, -0.05) is 18.5 Å². The standard InChI is InChI=1S/C13H15ClN2O5/c1-3-8(2)15-12(17)7-21-13(18)10-5-4-9(14)6-11(10)16(19)20/h4-6,8H,3,7H2,1-2H3,(H,15,17)/t8-/m0/s1. The largest absolute Gasteiger partial charge is 0.452 e. The Kier molecular flexibility index (Phi) is 6.10. The summed E-state index contributed by atoms with van der Waals surface area (Å²) in [5.74, 6) is -1.41. The van der Waals surface area contributed by atoms with Crippen LogP contribution in [0.4, 0.5) is 5.69 Å². The van der Waals surface area contributed by atoms with E-state index in [1.54, 1.807) is 0 Å². The number of nitro groups is 1. The summed E-state index contributed by atoms with van der Waals surface area (Å²) < 4.78 is 4.77. The normalized spacial score (nSPS) is 11.6. The number of halogens is 1. The van der Waals surface area contributed by atoms with Crippen LogP contribution in [-0.4, -0.2) is 29.4 Å². The number of rotatable bonds is 6. The number of esters is 1. The Bertz CT molecular complexity index is 561. The van der Waals surface area contributed by atoms with E-state index in [9.17, 15) is 19.7 Å². The molecule has 1 aromatic carbocycles. The van der Waals surface area contributed by atoms with Crippen LogP contribution in [0.2, 0.25) is 5.02 Å². The van der Waals surface area contributed by atoms with E-state index in [2.05, 4.69) is 5.32 Å². The molecule has 21 heavy (non-hydrogen) atoms. The second-order valence-electron chi connectivity index (χ2n) is 4.37. The smallest absolute Gasteiger partial charge is 0.345 e. The summed E-state index contributed by atoms with van der Waals surface area (Å²) in [6.07, 6.45) is 0.738. The van der Waals surface area contributed by atoms with Crippen molar-refractivity contribution in [1.29, 1.82) is 0 Å². The van der Waals surface area contributed by atoms with E-state index in [1.807, 2.05) is 13.8 Å². The Morgan fingerprint density at radius 3 is 2.71 bits per heavy atom. The molecule has 0 spiro atoms. The predicted molar refractivity (Wildman–Crippen MR) is 76.3 cm³/mol. The zero-order valence-corrected chi connectivity index (χ0v) is 12.3. The maximum absolute atomic E-state index is 11.8. The van der Waals surface area contributed by atoms with E-state index in [0.717, 1.165) is 12.5 Å². The van der Waals surface area contributed by atoms with Crippen LogP contribution in [0.5, 0.6) is 0 Å². The van der Waals surface area contributed by atoms with Gasteiger partial charge in [0.15, 0.2) is 6.61 Å². The van der Waals surface area contributed by atoms with E-state index < -0.39 is 29.1 Å². The van der Waals surface area contributed by atoms with Gasteiger partial charge in [-0.05, 0) is 25.5 Å². The highest BCUT2D eigenvalue weighted by atomic mass is 35.5. The Labute approximate surface area is 126 Å². The van der Waals surface area contributed by atoms with Gasteiger partial charge in [-0.25, -0.2) is 4.79 Å². The predicted octanol–water partition coefficient (Wildman–Crippen LogP) is 2.32. The third kappa shape index (κ3) is 5.03. The maximum Gasteiger partial charge on any atom is 0.345 e. The molecule has 0 saturated heterocycles. The molecule has 1 rings (SSSR count). The van der Waals surface area contributed by atoms with E-state index in [-0.39, 0.29) is 16.6 Å². The van der Waals surface area contributed by atoms with Gasteiger partial charge < -0.3 is 10.1 Å². The lowest BCUT2D eigenvalue weighted by Crippen LogP contribution is -2.35. The topological polar surface area (TPSA) is 98.5 Å². The van der Waals surface area contributed by atoms with Crippen LogP contribution >= 0.6 is 11.6 Å². The second-order valence-corrected chi connectivity index (χ2v) is 4.81. The molecule has 7 nitrogen and oxygen atoms in total. The number of carbonyl (C=O) groups is 2. The quantitative estimate of drug-likeness (QED) is 0.493. The van der Waals surface area contributed by atoms with Crippen molar-refractivity contribution in [3.8, 4) is 0 Å². The maximum atomic E-state index is 11.8. The number of ether oxygens (including phenoxy) is 1. The van der Waals surface area contributed by atoms with Crippen LogP contribution in [-0.2, 0) is 9.53 Å². The second kappa shape index (κ2) is 7.58. The van der Waals surface area contributed by atoms with Crippen LogP contribution in [0.3, 0.4) is 0 Å². The fourth-order valence-corrected chi connectivity index (χ4v) is 1.62. The highest BCUT2D eigenvalue weighted by Gasteiger charge is 2.22. The minimum atomic E-state index is -0.947. The van der Waals surface area contributed by atoms with Crippen molar-refractivity contribution >= 4 is 29.2 Å². The third-order valence-corrected chi connectivity index (χ3v) is 2.97. The van der Waals surface area contributed by atoms with Gasteiger partial charge in [0.1, 0.15) is 5.56 Å². The Morgan fingerprint density at radius 1 is 1.48 bits per heavy atom. The molecule has 0 unspecified atom stereocenters. The van der Waals surface area contributed by atoms with Gasteiger partial charge >= 0.3 is 5.97 Å². The van der Waals surface area contributed by atoms with Gasteiger partial charge in [0.2, 0.25) is 0 Å². The van der Waals surface area contributed by atoms with Crippen molar-refractivity contribution in [2.45, 2.75) is 26.3 Å². The molecular formula is C13H15ClN2O5. The van der Waals surface area contributed by atoms with Crippen LogP contribution in [0, 0.1) is 10.1 Å². The summed E-state index contributed by atoms with van der Waals surface area (Å²) in [5, 5.41) is 13.6. The lowest BCUT2D eigenvalue weighted by Gasteiger charge is -2.11. The highest BCUT2D eigenvalue weighted by molar-refractivity contribution is 6.31. The van der Waals surface area contributed by atoms with Crippen molar-refractivity contribution < 1.29 is 19.2 Å². The van der Waals surface area contributed by atoms with Gasteiger partial charge in [-0.15, -0.1) is 0 Å². The molecule has 0 aliphatic rings. The number of hydrogen-bond acceptors (Lipinski definition) is 5. The van der Waals surface area contributed by atoms with E-state index in [0.29, 0.717) is 0 Å². The zero-order chi connectivity index (χ0) is 16.0. The van der Waals surface area contributed by atoms with E-state index in [4.69, 9.17) is 16.3 Å². The molecule has 0 heterocycles. The zero-order valence-electron chi connectivity index (χ0n) is 11.6. The first-order chi connectivity index (χ1) is 9.85. The molecule has 0 aliphatic heterocycles.